The first-order valence-corrected chi connectivity index (χ1v) is 29.1. The van der Waals surface area contributed by atoms with E-state index < -0.39 is 0 Å². The van der Waals surface area contributed by atoms with Crippen molar-refractivity contribution in [3.8, 4) is 11.5 Å². The van der Waals surface area contributed by atoms with E-state index in [1.54, 1.807) is 49.6 Å². The molecule has 0 saturated heterocycles. The summed E-state index contributed by atoms with van der Waals surface area (Å²) in [6, 6.07) is 55.4. The van der Waals surface area contributed by atoms with Crippen molar-refractivity contribution in [3.63, 3.8) is 0 Å². The van der Waals surface area contributed by atoms with Crippen molar-refractivity contribution in [2.24, 2.45) is 17.2 Å². The van der Waals surface area contributed by atoms with Crippen LogP contribution in [-0.2, 0) is 126 Å². The average Bonchev–Trinajstić information content (AvgIpc) is 2.08. The zero-order chi connectivity index (χ0) is 60.6. The van der Waals surface area contributed by atoms with Gasteiger partial charge in [-0.1, -0.05) is 69.8 Å². The standard InChI is InChI=1S/2C33H35N7O.C2H6.CH5N.CH4.2Cu.H2O/c2*34-19-26-17-27(20-39(22-29-9-1-5-13-35-29)23-30-10-2-6-14-36-30)33(41)28(18-26)21-40(24-31-11-3-7-15-37-31)25-32-12-4-8-16-38-32;2*1-2;;;;/h2*1-18,41H,19-25,34H2;1-2H3;2H2,1H3;1H4;;;1H2/q;;;;;2*+1;. The molecule has 0 saturated carbocycles. The molecule has 0 unspecified atom stereocenters. The van der Waals surface area contributed by atoms with Crippen LogP contribution in [0.4, 0.5) is 0 Å². The Hall–Kier alpha value is -8.04. The van der Waals surface area contributed by atoms with E-state index >= 15 is 0 Å². The molecule has 0 aliphatic carbocycles. The quantitative estimate of drug-likeness (QED) is 0.0316. The molecular weight excluding hydrogens is 1230 g/mol. The maximum absolute atomic E-state index is 11.6. The maximum Gasteiger partial charge on any atom is 1.00 e. The molecule has 8 heterocycles. The van der Waals surface area contributed by atoms with Crippen LogP contribution in [0.15, 0.2) is 219 Å². The van der Waals surface area contributed by atoms with Crippen LogP contribution in [0, 0.1) is 0 Å². The third-order valence-corrected chi connectivity index (χ3v) is 13.6. The van der Waals surface area contributed by atoms with Crippen LogP contribution in [0.3, 0.4) is 0 Å². The van der Waals surface area contributed by atoms with E-state index in [2.05, 4.69) is 65.2 Å². The Balaban J connectivity index is 0.000000428. The Bertz CT molecular complexity index is 2840. The molecule has 0 spiro atoms. The minimum atomic E-state index is 0. The first-order valence-electron chi connectivity index (χ1n) is 29.1. The molecule has 0 radical (unpaired) electrons. The number of pyridine rings is 8. The maximum atomic E-state index is 11.6. The number of nitrogens with two attached hydrogens (primary N) is 3. The first-order chi connectivity index (χ1) is 42.3. The SMILES string of the molecule is C.CC.CN.NCc1cc(CN(Cc2ccccn2)Cc2ccccn2)c(O)c(CN(Cc2ccccn2)Cc2ccccn2)c1.NCc1cc(CN(Cc2ccccn2)Cc2ccccn2)c(O)c(CN(Cc2ccccn2)Cc2ccccn2)c1.O.[Cu+].[Cu+]. The Labute approximate surface area is 553 Å². The van der Waals surface area contributed by atoms with Gasteiger partial charge in [0.15, 0.2) is 0 Å². The third-order valence-electron chi connectivity index (χ3n) is 13.6. The predicted molar refractivity (Wildman–Crippen MR) is 350 cm³/mol. The number of phenolic OH excluding ortho intramolecular Hbond substituents is 2. The van der Waals surface area contributed by atoms with E-state index in [9.17, 15) is 10.2 Å². The predicted octanol–water partition coefficient (Wildman–Crippen LogP) is 10.1. The second-order valence-corrected chi connectivity index (χ2v) is 20.1. The summed E-state index contributed by atoms with van der Waals surface area (Å²) >= 11 is 0. The Morgan fingerprint density at radius 1 is 0.300 bits per heavy atom. The van der Waals surface area contributed by atoms with Crippen LogP contribution in [0.1, 0.15) is 100 Å². The molecule has 480 valence electrons. The number of aromatic hydroxyl groups is 2. The normalized spacial score (nSPS) is 10.4. The minimum Gasteiger partial charge on any atom is -0.507 e. The number of aromatic nitrogens is 8. The van der Waals surface area contributed by atoms with E-state index in [1.807, 2.05) is 184 Å². The molecule has 10 N–H and O–H groups in total. The first kappa shape index (κ1) is 76.2. The van der Waals surface area contributed by atoms with Crippen molar-refractivity contribution >= 4 is 0 Å². The summed E-state index contributed by atoms with van der Waals surface area (Å²) in [4.78, 5) is 45.2. The van der Waals surface area contributed by atoms with E-state index in [0.717, 1.165) is 78.9 Å². The van der Waals surface area contributed by atoms with E-state index in [-0.39, 0.29) is 58.5 Å². The van der Waals surface area contributed by atoms with Crippen molar-refractivity contribution in [1.29, 1.82) is 0 Å². The fourth-order valence-corrected chi connectivity index (χ4v) is 9.78. The molecule has 0 atom stereocenters. The fourth-order valence-electron chi connectivity index (χ4n) is 9.78. The molecule has 10 rings (SSSR count). The van der Waals surface area contributed by atoms with Crippen LogP contribution in [0.25, 0.3) is 0 Å². The molecule has 90 heavy (non-hydrogen) atoms. The number of nitrogens with zero attached hydrogens (tertiary/aromatic N) is 12. The minimum absolute atomic E-state index is 0. The number of benzene rings is 2. The summed E-state index contributed by atoms with van der Waals surface area (Å²) in [5.41, 5.74) is 29.7. The number of hydrogen-bond donors (Lipinski definition) is 5. The summed E-state index contributed by atoms with van der Waals surface area (Å²) in [7, 11) is 1.50. The van der Waals surface area contributed by atoms with Gasteiger partial charge in [-0.2, -0.15) is 0 Å². The monoisotopic (exact) mass is 1310 g/mol. The van der Waals surface area contributed by atoms with Gasteiger partial charge in [0, 0.05) is 163 Å². The molecule has 0 fully saturated rings. The van der Waals surface area contributed by atoms with Gasteiger partial charge in [0.25, 0.3) is 0 Å². The molecule has 18 nitrogen and oxygen atoms in total. The van der Waals surface area contributed by atoms with Crippen LogP contribution < -0.4 is 17.2 Å². The van der Waals surface area contributed by atoms with Crippen molar-refractivity contribution < 1.29 is 49.8 Å². The second kappa shape index (κ2) is 42.8. The van der Waals surface area contributed by atoms with E-state index in [0.29, 0.717) is 91.6 Å². The van der Waals surface area contributed by atoms with Crippen molar-refractivity contribution in [1.82, 2.24) is 59.5 Å². The van der Waals surface area contributed by atoms with Crippen molar-refractivity contribution in [2.45, 2.75) is 113 Å². The molecule has 0 amide bonds. The summed E-state index contributed by atoms with van der Waals surface area (Å²) < 4.78 is 0. The Morgan fingerprint density at radius 2 is 0.456 bits per heavy atom. The van der Waals surface area contributed by atoms with Gasteiger partial charge in [0.1, 0.15) is 11.5 Å². The molecule has 0 aliphatic rings. The largest absolute Gasteiger partial charge is 1.00 e. The van der Waals surface area contributed by atoms with Crippen LogP contribution in [0.5, 0.6) is 11.5 Å². The smallest absolute Gasteiger partial charge is 0.507 e. The van der Waals surface area contributed by atoms with Gasteiger partial charge in [0.2, 0.25) is 0 Å². The van der Waals surface area contributed by atoms with Gasteiger partial charge in [-0.05, 0) is 140 Å². The van der Waals surface area contributed by atoms with E-state index in [4.69, 9.17) is 11.5 Å². The second-order valence-electron chi connectivity index (χ2n) is 20.1. The molecule has 2 aromatic carbocycles. The van der Waals surface area contributed by atoms with Crippen LogP contribution in [-0.4, -0.2) is 82.2 Å². The molecule has 10 aromatic rings. The van der Waals surface area contributed by atoms with Gasteiger partial charge < -0.3 is 32.9 Å². The van der Waals surface area contributed by atoms with Crippen molar-refractivity contribution in [3.05, 3.63) is 298 Å². The Kier molecular flexibility index (Phi) is 36.2. The molecule has 20 heteroatoms. The topological polar surface area (TPSA) is 266 Å². The molecule has 0 bridgehead atoms. The number of hydrogen-bond acceptors (Lipinski definition) is 17. The fraction of sp³-hybridized carbons (Fsp3) is 0.257. The summed E-state index contributed by atoms with van der Waals surface area (Å²) in [5.74, 6) is 0.558. The van der Waals surface area contributed by atoms with Crippen molar-refractivity contribution in [2.75, 3.05) is 7.05 Å². The van der Waals surface area contributed by atoms with Gasteiger partial charge >= 0.3 is 34.1 Å². The van der Waals surface area contributed by atoms with Gasteiger partial charge in [-0.25, -0.2) is 0 Å². The van der Waals surface area contributed by atoms with Gasteiger partial charge in [-0.3, -0.25) is 59.5 Å². The average molecular weight is 1310 g/mol. The molecular formula is C70H87Cu2N15O3+2. The van der Waals surface area contributed by atoms with Gasteiger partial charge in [0.05, 0.1) is 45.6 Å². The van der Waals surface area contributed by atoms with Gasteiger partial charge in [-0.15, -0.1) is 0 Å². The summed E-state index contributed by atoms with van der Waals surface area (Å²) in [6.45, 7) is 11.7. The van der Waals surface area contributed by atoms with E-state index in [1.165, 1.54) is 7.05 Å². The zero-order valence-electron chi connectivity index (χ0n) is 50.8. The number of phenols is 2. The molecule has 8 aromatic heterocycles. The molecule has 0 aliphatic heterocycles. The van der Waals surface area contributed by atoms with Crippen LogP contribution in [0.2, 0.25) is 0 Å². The third kappa shape index (κ3) is 25.4. The summed E-state index contributed by atoms with van der Waals surface area (Å²) in [6.07, 6.45) is 14.4. The summed E-state index contributed by atoms with van der Waals surface area (Å²) in [5, 5.41) is 23.2. The Morgan fingerprint density at radius 3 is 0.578 bits per heavy atom. The zero-order valence-corrected chi connectivity index (χ0v) is 52.7. The number of rotatable bonds is 26. The van der Waals surface area contributed by atoms with Crippen LogP contribution >= 0.6 is 0 Å².